The number of nitrogens with zero attached hydrogens (tertiary/aromatic N) is 2. The fourth-order valence-corrected chi connectivity index (χ4v) is 2.37. The van der Waals surface area contributed by atoms with Crippen LogP contribution in [0, 0.1) is 12.7 Å². The smallest absolute Gasteiger partial charge is 0.270 e. The van der Waals surface area contributed by atoms with E-state index in [1.165, 1.54) is 16.8 Å². The Bertz CT molecular complexity index is 868. The number of hydrogen-bond acceptors (Lipinski definition) is 4. The van der Waals surface area contributed by atoms with Crippen LogP contribution >= 0.6 is 0 Å². The molecule has 6 nitrogen and oxygen atoms in total. The number of nitrogens with one attached hydrogen (secondary N) is 1. The van der Waals surface area contributed by atoms with Gasteiger partial charge in [0.25, 0.3) is 5.91 Å². The summed E-state index contributed by atoms with van der Waals surface area (Å²) in [5.41, 5.74) is 1.42. The van der Waals surface area contributed by atoms with E-state index in [9.17, 15) is 9.18 Å². The number of aryl methyl sites for hydroxylation is 1. The molecule has 0 fully saturated rings. The fraction of sp³-hybridized carbons (Fsp3) is 0.222. The van der Waals surface area contributed by atoms with Crippen molar-refractivity contribution in [3.05, 3.63) is 59.7 Å². The van der Waals surface area contributed by atoms with Crippen LogP contribution < -0.4 is 5.32 Å². The predicted molar refractivity (Wildman–Crippen MR) is 90.2 cm³/mol. The summed E-state index contributed by atoms with van der Waals surface area (Å²) in [5.74, 6) is 0.647. The Morgan fingerprint density at radius 2 is 2.04 bits per heavy atom. The summed E-state index contributed by atoms with van der Waals surface area (Å²) < 4.78 is 25.2. The molecule has 0 spiro atoms. The van der Waals surface area contributed by atoms with Gasteiger partial charge in [-0.15, -0.1) is 0 Å². The zero-order valence-corrected chi connectivity index (χ0v) is 14.0. The number of rotatable bonds is 6. The Morgan fingerprint density at radius 3 is 2.68 bits per heavy atom. The molecule has 0 unspecified atom stereocenters. The molecule has 0 aliphatic carbocycles. The molecule has 3 aromatic rings. The number of amides is 1. The zero-order chi connectivity index (χ0) is 17.8. The molecule has 0 radical (unpaired) electrons. The molecule has 1 amide bonds. The number of carbonyl (C=O) groups excluding carboxylic acids is 1. The molecule has 25 heavy (non-hydrogen) atoms. The molecule has 7 heteroatoms. The van der Waals surface area contributed by atoms with Crippen molar-refractivity contribution in [2.45, 2.75) is 6.92 Å². The van der Waals surface area contributed by atoms with Crippen molar-refractivity contribution in [1.82, 2.24) is 15.1 Å². The van der Waals surface area contributed by atoms with Gasteiger partial charge in [-0.1, -0.05) is 0 Å². The van der Waals surface area contributed by atoms with Gasteiger partial charge in [0.2, 0.25) is 0 Å². The second-order valence-corrected chi connectivity index (χ2v) is 5.46. The Hall–Kier alpha value is -2.93. The van der Waals surface area contributed by atoms with E-state index in [2.05, 4.69) is 10.4 Å². The quantitative estimate of drug-likeness (QED) is 0.699. The number of aromatic nitrogens is 2. The van der Waals surface area contributed by atoms with Gasteiger partial charge in [-0.2, -0.15) is 5.10 Å². The normalized spacial score (nSPS) is 10.8. The van der Waals surface area contributed by atoms with Crippen molar-refractivity contribution in [2.24, 2.45) is 0 Å². The molecule has 1 N–H and O–H groups in total. The van der Waals surface area contributed by atoms with Gasteiger partial charge in [0.1, 0.15) is 23.0 Å². The van der Waals surface area contributed by atoms with Crippen molar-refractivity contribution >= 4 is 5.91 Å². The predicted octanol–water partition coefficient (Wildman–Crippen LogP) is 2.96. The third-order valence-electron chi connectivity index (χ3n) is 3.60. The highest BCUT2D eigenvalue weighted by Gasteiger charge is 2.19. The first-order chi connectivity index (χ1) is 12.1. The lowest BCUT2D eigenvalue weighted by molar-refractivity contribution is 0.0929. The maximum Gasteiger partial charge on any atom is 0.270 e. The number of carbonyl (C=O) groups is 1. The summed E-state index contributed by atoms with van der Waals surface area (Å²) >= 11 is 0. The molecule has 2 aromatic heterocycles. The van der Waals surface area contributed by atoms with Crippen molar-refractivity contribution in [3.8, 4) is 17.1 Å². The van der Waals surface area contributed by atoms with Crippen molar-refractivity contribution in [2.75, 3.05) is 20.3 Å². The van der Waals surface area contributed by atoms with Crippen LogP contribution in [0.25, 0.3) is 17.1 Å². The second kappa shape index (κ2) is 7.31. The molecular formula is C18H18FN3O3. The first-order valence-electron chi connectivity index (χ1n) is 7.78. The van der Waals surface area contributed by atoms with Gasteiger partial charge in [-0.05, 0) is 43.3 Å². The SMILES string of the molecule is COCCNC(=O)c1cc(-c2ccc(C)o2)nn1-c1ccc(F)cc1. The van der Waals surface area contributed by atoms with Gasteiger partial charge >= 0.3 is 0 Å². The Kier molecular flexibility index (Phi) is 4.95. The molecular weight excluding hydrogens is 325 g/mol. The van der Waals surface area contributed by atoms with E-state index in [0.29, 0.717) is 36.0 Å². The number of furan rings is 1. The summed E-state index contributed by atoms with van der Waals surface area (Å²) in [4.78, 5) is 12.5. The lowest BCUT2D eigenvalue weighted by Crippen LogP contribution is -2.28. The molecule has 0 atom stereocenters. The van der Waals surface area contributed by atoms with E-state index < -0.39 is 0 Å². The third-order valence-corrected chi connectivity index (χ3v) is 3.60. The van der Waals surface area contributed by atoms with E-state index in [4.69, 9.17) is 9.15 Å². The molecule has 1 aromatic carbocycles. The van der Waals surface area contributed by atoms with Crippen LogP contribution in [0.1, 0.15) is 16.2 Å². The number of benzene rings is 1. The maximum absolute atomic E-state index is 13.2. The van der Waals surface area contributed by atoms with Gasteiger partial charge in [0, 0.05) is 19.7 Å². The summed E-state index contributed by atoms with van der Waals surface area (Å²) in [6.07, 6.45) is 0. The van der Waals surface area contributed by atoms with Gasteiger partial charge in [-0.25, -0.2) is 9.07 Å². The van der Waals surface area contributed by atoms with Crippen LogP contribution in [0.15, 0.2) is 46.9 Å². The molecule has 0 aliphatic heterocycles. The van der Waals surface area contributed by atoms with Crippen LogP contribution in [0.4, 0.5) is 4.39 Å². The van der Waals surface area contributed by atoms with Gasteiger partial charge in [-0.3, -0.25) is 4.79 Å². The Labute approximate surface area is 144 Å². The van der Waals surface area contributed by atoms with E-state index in [1.807, 2.05) is 13.0 Å². The average Bonchev–Trinajstić information content (AvgIpc) is 3.22. The molecule has 0 bridgehead atoms. The van der Waals surface area contributed by atoms with Crippen LogP contribution in [-0.2, 0) is 4.74 Å². The minimum atomic E-state index is -0.358. The van der Waals surface area contributed by atoms with Crippen molar-refractivity contribution in [3.63, 3.8) is 0 Å². The van der Waals surface area contributed by atoms with E-state index in [-0.39, 0.29) is 11.7 Å². The van der Waals surface area contributed by atoms with E-state index in [0.717, 1.165) is 5.76 Å². The second-order valence-electron chi connectivity index (χ2n) is 5.46. The van der Waals surface area contributed by atoms with Crippen LogP contribution in [0.5, 0.6) is 0 Å². The molecule has 0 saturated carbocycles. The van der Waals surface area contributed by atoms with Crippen LogP contribution in [0.3, 0.4) is 0 Å². The average molecular weight is 343 g/mol. The highest BCUT2D eigenvalue weighted by Crippen LogP contribution is 2.24. The monoisotopic (exact) mass is 343 g/mol. The number of ether oxygens (including phenoxy) is 1. The first-order valence-corrected chi connectivity index (χ1v) is 7.78. The molecule has 2 heterocycles. The summed E-state index contributed by atoms with van der Waals surface area (Å²) in [6.45, 7) is 2.61. The van der Waals surface area contributed by atoms with E-state index in [1.54, 1.807) is 31.4 Å². The van der Waals surface area contributed by atoms with Crippen LogP contribution in [-0.4, -0.2) is 35.9 Å². The summed E-state index contributed by atoms with van der Waals surface area (Å²) in [7, 11) is 1.56. The molecule has 130 valence electrons. The summed E-state index contributed by atoms with van der Waals surface area (Å²) in [5, 5.41) is 7.21. The highest BCUT2D eigenvalue weighted by atomic mass is 19.1. The minimum absolute atomic E-state index is 0.302. The highest BCUT2D eigenvalue weighted by molar-refractivity contribution is 5.94. The minimum Gasteiger partial charge on any atom is -0.460 e. The topological polar surface area (TPSA) is 69.3 Å². The van der Waals surface area contributed by atoms with Crippen LogP contribution in [0.2, 0.25) is 0 Å². The Balaban J connectivity index is 1.99. The number of halogens is 1. The summed E-state index contributed by atoms with van der Waals surface area (Å²) in [6, 6.07) is 11.0. The van der Waals surface area contributed by atoms with E-state index >= 15 is 0 Å². The van der Waals surface area contributed by atoms with Crippen molar-refractivity contribution < 1.29 is 18.3 Å². The number of methoxy groups -OCH3 is 1. The lowest BCUT2D eigenvalue weighted by Gasteiger charge is -2.08. The molecule has 3 rings (SSSR count). The first kappa shape index (κ1) is 16.9. The lowest BCUT2D eigenvalue weighted by atomic mass is 10.2. The van der Waals surface area contributed by atoms with Gasteiger partial charge < -0.3 is 14.5 Å². The number of hydrogen-bond donors (Lipinski definition) is 1. The maximum atomic E-state index is 13.2. The largest absolute Gasteiger partial charge is 0.460 e. The molecule has 0 saturated heterocycles. The van der Waals surface area contributed by atoms with Crippen molar-refractivity contribution in [1.29, 1.82) is 0 Å². The van der Waals surface area contributed by atoms with Gasteiger partial charge in [0.15, 0.2) is 5.76 Å². The fourth-order valence-electron chi connectivity index (χ4n) is 2.37. The molecule has 0 aliphatic rings. The zero-order valence-electron chi connectivity index (χ0n) is 14.0. The standard InChI is InChI=1S/C18H18FN3O3/c1-12-3-8-17(25-12)15-11-16(18(23)20-9-10-24-2)22(21-15)14-6-4-13(19)5-7-14/h3-8,11H,9-10H2,1-2H3,(H,20,23). The Morgan fingerprint density at radius 1 is 1.28 bits per heavy atom. The third kappa shape index (κ3) is 3.77. The van der Waals surface area contributed by atoms with Gasteiger partial charge in [0.05, 0.1) is 12.3 Å².